The quantitative estimate of drug-likeness (QED) is 0.572. The van der Waals surface area contributed by atoms with Gasteiger partial charge in [-0.1, -0.05) is 11.6 Å². The third-order valence-corrected chi connectivity index (χ3v) is 3.04. The number of esters is 2. The molecule has 0 fully saturated rings. The first-order chi connectivity index (χ1) is 10.0. The Morgan fingerprint density at radius 2 is 1.71 bits per heavy atom. The van der Waals surface area contributed by atoms with Crippen LogP contribution in [-0.2, 0) is 25.5 Å². The van der Waals surface area contributed by atoms with Crippen LogP contribution < -0.4 is 4.74 Å². The predicted molar refractivity (Wildman–Crippen MR) is 78.5 cm³/mol. The van der Waals surface area contributed by atoms with Crippen molar-refractivity contribution in [2.45, 2.75) is 20.3 Å². The van der Waals surface area contributed by atoms with E-state index in [9.17, 15) is 9.59 Å². The molecule has 1 aromatic carbocycles. The molecular formula is C15H19ClO5. The van der Waals surface area contributed by atoms with E-state index in [0.29, 0.717) is 16.3 Å². The molecule has 0 saturated carbocycles. The number of carbonyl (C=O) groups is 2. The lowest BCUT2D eigenvalue weighted by Crippen LogP contribution is -2.30. The number of rotatable bonds is 7. The number of methoxy groups -OCH3 is 1. The highest BCUT2D eigenvalue weighted by atomic mass is 35.5. The molecular weight excluding hydrogens is 296 g/mol. The first-order valence-corrected chi connectivity index (χ1v) is 7.06. The fourth-order valence-electron chi connectivity index (χ4n) is 1.88. The van der Waals surface area contributed by atoms with E-state index in [1.807, 2.05) is 0 Å². The van der Waals surface area contributed by atoms with Crippen molar-refractivity contribution >= 4 is 23.5 Å². The molecule has 1 rings (SSSR count). The van der Waals surface area contributed by atoms with Crippen LogP contribution in [0.3, 0.4) is 0 Å². The molecule has 0 N–H and O–H groups in total. The number of carbonyl (C=O) groups excluding carboxylic acids is 2. The van der Waals surface area contributed by atoms with Gasteiger partial charge in [-0.05, 0) is 37.6 Å². The first kappa shape index (κ1) is 17.3. The Morgan fingerprint density at radius 3 is 2.19 bits per heavy atom. The van der Waals surface area contributed by atoms with Gasteiger partial charge < -0.3 is 14.2 Å². The van der Waals surface area contributed by atoms with Crippen LogP contribution in [0.15, 0.2) is 18.2 Å². The van der Waals surface area contributed by atoms with Gasteiger partial charge in [0.1, 0.15) is 5.75 Å². The number of hydrogen-bond donors (Lipinski definition) is 0. The number of hydrogen-bond acceptors (Lipinski definition) is 5. The molecule has 0 spiro atoms. The van der Waals surface area contributed by atoms with Crippen LogP contribution in [0.1, 0.15) is 19.4 Å². The van der Waals surface area contributed by atoms with Gasteiger partial charge in [0.15, 0.2) is 5.92 Å². The normalized spacial score (nSPS) is 10.3. The van der Waals surface area contributed by atoms with Crippen LogP contribution >= 0.6 is 11.6 Å². The van der Waals surface area contributed by atoms with Gasteiger partial charge in [0.25, 0.3) is 0 Å². The van der Waals surface area contributed by atoms with Crippen molar-refractivity contribution in [3.8, 4) is 5.75 Å². The van der Waals surface area contributed by atoms with Gasteiger partial charge >= 0.3 is 11.9 Å². The fraction of sp³-hybridized carbons (Fsp3) is 0.467. The maximum atomic E-state index is 12.0. The lowest BCUT2D eigenvalue weighted by molar-refractivity contribution is -0.161. The number of halogens is 1. The molecule has 1 aromatic rings. The second-order valence-corrected chi connectivity index (χ2v) is 4.65. The van der Waals surface area contributed by atoms with E-state index in [0.717, 1.165) is 0 Å². The molecule has 0 atom stereocenters. The maximum Gasteiger partial charge on any atom is 0.320 e. The average molecular weight is 315 g/mol. The Morgan fingerprint density at radius 1 is 1.14 bits per heavy atom. The summed E-state index contributed by atoms with van der Waals surface area (Å²) in [5.74, 6) is -1.70. The van der Waals surface area contributed by atoms with E-state index in [1.54, 1.807) is 32.0 Å². The summed E-state index contributed by atoms with van der Waals surface area (Å²) in [5, 5.41) is 0.497. The number of benzene rings is 1. The van der Waals surface area contributed by atoms with Crippen molar-refractivity contribution in [2.75, 3.05) is 20.3 Å². The van der Waals surface area contributed by atoms with E-state index in [2.05, 4.69) is 0 Å². The molecule has 21 heavy (non-hydrogen) atoms. The highest BCUT2D eigenvalue weighted by Crippen LogP contribution is 2.26. The summed E-state index contributed by atoms with van der Waals surface area (Å²) in [6.07, 6.45) is 0.113. The van der Waals surface area contributed by atoms with Crippen LogP contribution in [0.2, 0.25) is 5.02 Å². The summed E-state index contributed by atoms with van der Waals surface area (Å²) in [5.41, 5.74) is 0.649. The minimum atomic E-state index is -1.03. The van der Waals surface area contributed by atoms with E-state index >= 15 is 0 Å². The van der Waals surface area contributed by atoms with Gasteiger partial charge in [0, 0.05) is 11.4 Å². The topological polar surface area (TPSA) is 61.8 Å². The molecule has 0 amide bonds. The summed E-state index contributed by atoms with van der Waals surface area (Å²) in [4.78, 5) is 23.9. The van der Waals surface area contributed by atoms with Crippen LogP contribution in [0, 0.1) is 5.92 Å². The van der Waals surface area contributed by atoms with E-state index in [1.165, 1.54) is 7.11 Å². The molecule has 5 nitrogen and oxygen atoms in total. The van der Waals surface area contributed by atoms with E-state index in [4.69, 9.17) is 25.8 Å². The predicted octanol–water partition coefficient (Wildman–Crippen LogP) is 2.63. The second-order valence-electron chi connectivity index (χ2n) is 4.22. The standard InChI is InChI=1S/C15H19ClO5/c1-4-20-14(17)12(15(18)21-5-2)9-10-8-11(16)6-7-13(10)19-3/h6-8,12H,4-5,9H2,1-3H3. The Labute approximate surface area is 129 Å². The Bertz CT molecular complexity index is 483. The smallest absolute Gasteiger partial charge is 0.320 e. The molecule has 0 heterocycles. The van der Waals surface area contributed by atoms with Gasteiger partial charge in [-0.3, -0.25) is 9.59 Å². The summed E-state index contributed by atoms with van der Waals surface area (Å²) in [6.45, 7) is 3.75. The van der Waals surface area contributed by atoms with Crippen molar-refractivity contribution in [1.82, 2.24) is 0 Å². The minimum absolute atomic E-state index is 0.113. The molecule has 0 aliphatic carbocycles. The summed E-state index contributed by atoms with van der Waals surface area (Å²) >= 11 is 5.95. The maximum absolute atomic E-state index is 12.0. The molecule has 0 aliphatic heterocycles. The summed E-state index contributed by atoms with van der Waals surface area (Å²) in [7, 11) is 1.51. The molecule has 0 saturated heterocycles. The molecule has 0 bridgehead atoms. The molecule has 116 valence electrons. The van der Waals surface area contributed by atoms with E-state index in [-0.39, 0.29) is 19.6 Å². The van der Waals surface area contributed by atoms with Crippen LogP contribution in [-0.4, -0.2) is 32.3 Å². The largest absolute Gasteiger partial charge is 0.496 e. The van der Waals surface area contributed by atoms with Crippen molar-refractivity contribution in [3.05, 3.63) is 28.8 Å². The summed E-state index contributed by atoms with van der Waals surface area (Å²) < 4.78 is 15.1. The molecule has 0 aliphatic rings. The Hall–Kier alpha value is -1.75. The van der Waals surface area contributed by atoms with Crippen molar-refractivity contribution in [1.29, 1.82) is 0 Å². The lowest BCUT2D eigenvalue weighted by atomic mass is 9.98. The highest BCUT2D eigenvalue weighted by Gasteiger charge is 2.30. The highest BCUT2D eigenvalue weighted by molar-refractivity contribution is 6.30. The molecule has 0 radical (unpaired) electrons. The Kier molecular flexibility index (Phi) is 7.02. The molecule has 0 unspecified atom stereocenters. The van der Waals surface area contributed by atoms with Gasteiger partial charge in [0.05, 0.1) is 20.3 Å². The average Bonchev–Trinajstić information content (AvgIpc) is 2.45. The Balaban J connectivity index is 3.02. The lowest BCUT2D eigenvalue weighted by Gasteiger charge is -2.16. The van der Waals surface area contributed by atoms with E-state index < -0.39 is 17.9 Å². The number of ether oxygens (including phenoxy) is 3. The zero-order valence-corrected chi connectivity index (χ0v) is 13.1. The SMILES string of the molecule is CCOC(=O)C(Cc1cc(Cl)ccc1OC)C(=O)OCC. The summed E-state index contributed by atoms with van der Waals surface area (Å²) in [6, 6.07) is 5.02. The first-order valence-electron chi connectivity index (χ1n) is 6.69. The molecule has 6 heteroatoms. The zero-order chi connectivity index (χ0) is 15.8. The van der Waals surface area contributed by atoms with Gasteiger partial charge in [-0.25, -0.2) is 0 Å². The van der Waals surface area contributed by atoms with Gasteiger partial charge in [-0.2, -0.15) is 0 Å². The monoisotopic (exact) mass is 314 g/mol. The van der Waals surface area contributed by atoms with Gasteiger partial charge in [0.2, 0.25) is 0 Å². The van der Waals surface area contributed by atoms with Gasteiger partial charge in [-0.15, -0.1) is 0 Å². The third kappa shape index (κ3) is 4.93. The fourth-order valence-corrected chi connectivity index (χ4v) is 2.07. The third-order valence-electron chi connectivity index (χ3n) is 2.81. The molecule has 0 aromatic heterocycles. The minimum Gasteiger partial charge on any atom is -0.496 e. The van der Waals surface area contributed by atoms with Crippen molar-refractivity contribution in [3.63, 3.8) is 0 Å². The zero-order valence-electron chi connectivity index (χ0n) is 12.3. The van der Waals surface area contributed by atoms with Crippen LogP contribution in [0.5, 0.6) is 5.75 Å². The van der Waals surface area contributed by atoms with Crippen LogP contribution in [0.4, 0.5) is 0 Å². The second kappa shape index (κ2) is 8.52. The van der Waals surface area contributed by atoms with Crippen LogP contribution in [0.25, 0.3) is 0 Å². The van der Waals surface area contributed by atoms with Crippen molar-refractivity contribution < 1.29 is 23.8 Å². The van der Waals surface area contributed by atoms with Crippen molar-refractivity contribution in [2.24, 2.45) is 5.92 Å².